The molecule has 0 unspecified atom stereocenters. The van der Waals surface area contributed by atoms with E-state index < -0.39 is 17.6 Å². The summed E-state index contributed by atoms with van der Waals surface area (Å²) in [6.07, 6.45) is -3.01. The Balaban J connectivity index is 2.20. The maximum absolute atomic E-state index is 12.8. The monoisotopic (exact) mass is 327 g/mol. The first-order valence-electron chi connectivity index (χ1n) is 6.92. The van der Waals surface area contributed by atoms with Crippen LogP contribution in [-0.4, -0.2) is 23.7 Å². The third-order valence-electron chi connectivity index (χ3n) is 2.82. The zero-order valence-electron chi connectivity index (χ0n) is 12.6. The lowest BCUT2D eigenvalue weighted by atomic mass is 10.3. The molecule has 0 aliphatic carbocycles. The number of methoxy groups -OCH3 is 1. The number of aromatic nitrogens is 2. The van der Waals surface area contributed by atoms with Crippen LogP contribution >= 0.6 is 0 Å². The molecule has 0 radical (unpaired) electrons. The molecule has 0 atom stereocenters. The minimum atomic E-state index is -4.57. The Morgan fingerprint density at radius 2 is 2.04 bits per heavy atom. The van der Waals surface area contributed by atoms with E-state index in [1.165, 1.54) is 0 Å². The predicted molar refractivity (Wildman–Crippen MR) is 79.1 cm³/mol. The number of nitrogens with one attached hydrogen (secondary N) is 1. The second-order valence-corrected chi connectivity index (χ2v) is 4.62. The summed E-state index contributed by atoms with van der Waals surface area (Å²) >= 11 is 0. The highest BCUT2D eigenvalue weighted by Crippen LogP contribution is 2.35. The Hall–Kier alpha value is -2.51. The molecule has 0 aliphatic rings. The molecular weight excluding hydrogens is 311 g/mol. The lowest BCUT2D eigenvalue weighted by molar-refractivity contribution is -0.139. The molecule has 1 heterocycles. The van der Waals surface area contributed by atoms with Gasteiger partial charge in [0.25, 0.3) is 0 Å². The van der Waals surface area contributed by atoms with Gasteiger partial charge in [0, 0.05) is 18.0 Å². The van der Waals surface area contributed by atoms with E-state index in [0.29, 0.717) is 24.2 Å². The molecule has 0 bridgehead atoms. The number of benzene rings is 1. The van der Waals surface area contributed by atoms with Crippen molar-refractivity contribution in [2.45, 2.75) is 19.5 Å². The first kappa shape index (κ1) is 16.9. The van der Waals surface area contributed by atoms with E-state index in [0.717, 1.165) is 13.5 Å². The lowest BCUT2D eigenvalue weighted by Gasteiger charge is -2.12. The first-order valence-corrected chi connectivity index (χ1v) is 6.92. The van der Waals surface area contributed by atoms with Crippen LogP contribution in [0.5, 0.6) is 11.6 Å². The Bertz CT molecular complexity index is 663. The molecule has 0 fully saturated rings. The summed E-state index contributed by atoms with van der Waals surface area (Å²) in [7, 11) is 1.13. The highest BCUT2D eigenvalue weighted by atomic mass is 19.4. The van der Waals surface area contributed by atoms with Gasteiger partial charge in [0.15, 0.2) is 0 Å². The van der Waals surface area contributed by atoms with Gasteiger partial charge >= 0.3 is 6.18 Å². The molecule has 2 rings (SSSR count). The lowest BCUT2D eigenvalue weighted by Crippen LogP contribution is -2.11. The van der Waals surface area contributed by atoms with Crippen molar-refractivity contribution in [1.29, 1.82) is 0 Å². The summed E-state index contributed by atoms with van der Waals surface area (Å²) in [5.74, 6) is 0.117. The van der Waals surface area contributed by atoms with E-state index >= 15 is 0 Å². The Kier molecular flexibility index (Phi) is 5.25. The summed E-state index contributed by atoms with van der Waals surface area (Å²) < 4.78 is 48.5. The average molecular weight is 327 g/mol. The molecule has 0 amide bonds. The normalized spacial score (nSPS) is 11.2. The minimum absolute atomic E-state index is 0.00231. The fraction of sp³-hybridized carbons (Fsp3) is 0.333. The second kappa shape index (κ2) is 7.17. The summed E-state index contributed by atoms with van der Waals surface area (Å²) in [4.78, 5) is 7.42. The average Bonchev–Trinajstić information content (AvgIpc) is 2.52. The van der Waals surface area contributed by atoms with Gasteiger partial charge in [0.2, 0.25) is 11.8 Å². The molecule has 0 saturated carbocycles. The van der Waals surface area contributed by atoms with Crippen LogP contribution in [0, 0.1) is 0 Å². The summed E-state index contributed by atoms with van der Waals surface area (Å²) in [6, 6.07) is 6.99. The van der Waals surface area contributed by atoms with Crippen molar-refractivity contribution in [3.8, 4) is 11.6 Å². The number of nitrogens with zero attached hydrogens (tertiary/aromatic N) is 2. The molecule has 23 heavy (non-hydrogen) atoms. The van der Waals surface area contributed by atoms with E-state index in [1.807, 2.05) is 6.92 Å². The fourth-order valence-electron chi connectivity index (χ4n) is 1.79. The quantitative estimate of drug-likeness (QED) is 0.868. The topological polar surface area (TPSA) is 56.3 Å². The standard InChI is InChI=1S/C15H16F3N3O2/c1-3-7-23-11-6-4-5-10(8-11)20-14-19-9-12(15(16,17)18)13(21-14)22-2/h4-6,8-9H,3,7H2,1-2H3,(H,19,20,21). The van der Waals surface area contributed by atoms with Crippen LogP contribution < -0.4 is 14.8 Å². The van der Waals surface area contributed by atoms with Crippen molar-refractivity contribution < 1.29 is 22.6 Å². The van der Waals surface area contributed by atoms with Crippen molar-refractivity contribution in [2.24, 2.45) is 0 Å². The number of anilines is 2. The first-order chi connectivity index (χ1) is 10.9. The number of halogens is 3. The van der Waals surface area contributed by atoms with E-state index in [2.05, 4.69) is 15.3 Å². The molecule has 1 N–H and O–H groups in total. The summed E-state index contributed by atoms with van der Waals surface area (Å²) in [6.45, 7) is 2.57. The van der Waals surface area contributed by atoms with Gasteiger partial charge in [-0.1, -0.05) is 13.0 Å². The van der Waals surface area contributed by atoms with Crippen LogP contribution in [0.2, 0.25) is 0 Å². The van der Waals surface area contributed by atoms with Crippen molar-refractivity contribution in [3.63, 3.8) is 0 Å². The van der Waals surface area contributed by atoms with Gasteiger partial charge in [-0.25, -0.2) is 4.98 Å². The number of ether oxygens (including phenoxy) is 2. The maximum Gasteiger partial charge on any atom is 0.423 e. The van der Waals surface area contributed by atoms with Crippen LogP contribution in [0.15, 0.2) is 30.5 Å². The number of hydrogen-bond acceptors (Lipinski definition) is 5. The largest absolute Gasteiger partial charge is 0.494 e. The van der Waals surface area contributed by atoms with Gasteiger partial charge in [0.05, 0.1) is 13.7 Å². The van der Waals surface area contributed by atoms with Crippen LogP contribution in [0.4, 0.5) is 24.8 Å². The molecule has 5 nitrogen and oxygen atoms in total. The summed E-state index contributed by atoms with van der Waals surface area (Å²) in [5, 5.41) is 2.82. The molecular formula is C15H16F3N3O2. The highest BCUT2D eigenvalue weighted by Gasteiger charge is 2.36. The highest BCUT2D eigenvalue weighted by molar-refractivity contribution is 5.56. The third kappa shape index (κ3) is 4.48. The Labute approximate surface area is 131 Å². The molecule has 0 saturated heterocycles. The number of alkyl halides is 3. The minimum Gasteiger partial charge on any atom is -0.494 e. The molecule has 0 aliphatic heterocycles. The van der Waals surface area contributed by atoms with Crippen molar-refractivity contribution in [2.75, 3.05) is 19.0 Å². The van der Waals surface area contributed by atoms with Crippen molar-refractivity contribution in [3.05, 3.63) is 36.0 Å². The van der Waals surface area contributed by atoms with Crippen molar-refractivity contribution in [1.82, 2.24) is 9.97 Å². The summed E-state index contributed by atoms with van der Waals surface area (Å²) in [5.41, 5.74) is -0.425. The van der Waals surface area contributed by atoms with Gasteiger partial charge in [0.1, 0.15) is 11.3 Å². The van der Waals surface area contributed by atoms with Crippen LogP contribution in [0.1, 0.15) is 18.9 Å². The smallest absolute Gasteiger partial charge is 0.423 e. The van der Waals surface area contributed by atoms with E-state index in [9.17, 15) is 13.2 Å². The number of rotatable bonds is 6. The van der Waals surface area contributed by atoms with Gasteiger partial charge in [-0.3, -0.25) is 0 Å². The fourth-order valence-corrected chi connectivity index (χ4v) is 1.79. The van der Waals surface area contributed by atoms with Gasteiger partial charge in [-0.15, -0.1) is 0 Å². The molecule has 1 aromatic carbocycles. The zero-order valence-corrected chi connectivity index (χ0v) is 12.6. The Morgan fingerprint density at radius 1 is 1.26 bits per heavy atom. The van der Waals surface area contributed by atoms with Crippen molar-refractivity contribution >= 4 is 11.6 Å². The zero-order chi connectivity index (χ0) is 16.9. The van der Waals surface area contributed by atoms with Gasteiger partial charge in [-0.05, 0) is 18.6 Å². The molecule has 8 heteroatoms. The molecule has 0 spiro atoms. The van der Waals surface area contributed by atoms with E-state index in [-0.39, 0.29) is 5.95 Å². The number of hydrogen-bond donors (Lipinski definition) is 1. The molecule has 1 aromatic heterocycles. The second-order valence-electron chi connectivity index (χ2n) is 4.62. The van der Waals surface area contributed by atoms with Crippen LogP contribution in [0.25, 0.3) is 0 Å². The van der Waals surface area contributed by atoms with Crippen LogP contribution in [-0.2, 0) is 6.18 Å². The Morgan fingerprint density at radius 3 is 2.70 bits per heavy atom. The van der Waals surface area contributed by atoms with Gasteiger partial charge < -0.3 is 14.8 Å². The van der Waals surface area contributed by atoms with Crippen LogP contribution in [0.3, 0.4) is 0 Å². The van der Waals surface area contributed by atoms with E-state index in [1.54, 1.807) is 24.3 Å². The maximum atomic E-state index is 12.8. The molecule has 124 valence electrons. The van der Waals surface area contributed by atoms with Gasteiger partial charge in [-0.2, -0.15) is 18.2 Å². The third-order valence-corrected chi connectivity index (χ3v) is 2.82. The SMILES string of the molecule is CCCOc1cccc(Nc2ncc(C(F)(F)F)c(OC)n2)c1. The van der Waals surface area contributed by atoms with E-state index in [4.69, 9.17) is 9.47 Å². The molecule has 2 aromatic rings. The predicted octanol–water partition coefficient (Wildman–Crippen LogP) is 4.04.